The highest BCUT2D eigenvalue weighted by Gasteiger charge is 2.10. The molecule has 0 radical (unpaired) electrons. The molecule has 0 amide bonds. The molecule has 26 heavy (non-hydrogen) atoms. The van der Waals surface area contributed by atoms with E-state index in [-0.39, 0.29) is 0 Å². The maximum absolute atomic E-state index is 2.27. The molecule has 0 aliphatic heterocycles. The van der Waals surface area contributed by atoms with Crippen molar-refractivity contribution in [1.82, 2.24) is 0 Å². The largest absolute Gasteiger partial charge is 0.0683 e. The number of hydrogen-bond acceptors (Lipinski definition) is 0. The zero-order chi connectivity index (χ0) is 18.5. The van der Waals surface area contributed by atoms with Crippen molar-refractivity contribution in [2.24, 2.45) is 0 Å². The highest BCUT2D eigenvalue weighted by Crippen LogP contribution is 2.38. The van der Waals surface area contributed by atoms with Crippen LogP contribution in [0, 0.1) is 0 Å². The van der Waals surface area contributed by atoms with Crippen LogP contribution in [0.25, 0.3) is 43.1 Å². The summed E-state index contributed by atoms with van der Waals surface area (Å²) < 4.78 is 0. The second-order valence-electron chi connectivity index (χ2n) is 5.80. The average molecular weight is 338 g/mol. The Morgan fingerprint density at radius 3 is 1.31 bits per heavy atom. The lowest BCUT2D eigenvalue weighted by molar-refractivity contribution is 1.50. The van der Waals surface area contributed by atoms with Crippen LogP contribution in [0.15, 0.2) is 84.9 Å². The maximum atomic E-state index is 2.27. The Labute approximate surface area is 156 Å². The minimum atomic E-state index is 1.30. The first-order valence-corrected chi connectivity index (χ1v) is 9.64. The molecule has 0 fully saturated rings. The standard InChI is InChI=1S/C22H14.2C2H6/c1-2-8-16-15(7-1)13-14-21-19-11-4-3-9-17(19)18-10-5-6-12-20(18)22(16)21;2*1-2/h1-14H;2*1-2H3. The van der Waals surface area contributed by atoms with E-state index in [0.29, 0.717) is 0 Å². The monoisotopic (exact) mass is 338 g/mol. The molecule has 5 rings (SSSR count). The van der Waals surface area contributed by atoms with Crippen molar-refractivity contribution in [3.63, 3.8) is 0 Å². The first-order valence-electron chi connectivity index (χ1n) is 9.64. The Hall–Kier alpha value is -2.86. The quantitative estimate of drug-likeness (QED) is 0.249. The van der Waals surface area contributed by atoms with Gasteiger partial charge < -0.3 is 0 Å². The van der Waals surface area contributed by atoms with Crippen molar-refractivity contribution in [3.8, 4) is 0 Å². The van der Waals surface area contributed by atoms with Crippen LogP contribution in [-0.2, 0) is 0 Å². The van der Waals surface area contributed by atoms with E-state index < -0.39 is 0 Å². The minimum absolute atomic E-state index is 1.30. The lowest BCUT2D eigenvalue weighted by atomic mass is 9.91. The molecule has 0 aliphatic rings. The Bertz CT molecular complexity index is 1120. The third-order valence-corrected chi connectivity index (χ3v) is 4.63. The third kappa shape index (κ3) is 2.82. The van der Waals surface area contributed by atoms with Gasteiger partial charge in [-0.15, -0.1) is 0 Å². The van der Waals surface area contributed by atoms with E-state index in [2.05, 4.69) is 84.9 Å². The van der Waals surface area contributed by atoms with E-state index in [1.807, 2.05) is 27.7 Å². The van der Waals surface area contributed by atoms with Crippen molar-refractivity contribution in [2.45, 2.75) is 27.7 Å². The smallest absolute Gasteiger partial charge is 0.00204 e. The van der Waals surface area contributed by atoms with Crippen molar-refractivity contribution in [1.29, 1.82) is 0 Å². The molecule has 0 atom stereocenters. The predicted octanol–water partition coefficient (Wildman–Crippen LogP) is 8.35. The molecule has 0 nitrogen and oxygen atoms in total. The molecular formula is C26H26. The second kappa shape index (κ2) is 8.01. The van der Waals surface area contributed by atoms with E-state index in [1.54, 1.807) is 0 Å². The van der Waals surface area contributed by atoms with Gasteiger partial charge in [-0.25, -0.2) is 0 Å². The average Bonchev–Trinajstić information content (AvgIpc) is 2.76. The lowest BCUT2D eigenvalue weighted by Crippen LogP contribution is -1.84. The van der Waals surface area contributed by atoms with Crippen LogP contribution in [-0.4, -0.2) is 0 Å². The number of benzene rings is 5. The van der Waals surface area contributed by atoms with Gasteiger partial charge in [-0.05, 0) is 43.1 Å². The van der Waals surface area contributed by atoms with Gasteiger partial charge in [0.15, 0.2) is 0 Å². The lowest BCUT2D eigenvalue weighted by Gasteiger charge is -2.12. The number of hydrogen-bond donors (Lipinski definition) is 0. The molecule has 0 saturated heterocycles. The molecule has 0 heteroatoms. The van der Waals surface area contributed by atoms with Crippen LogP contribution in [0.3, 0.4) is 0 Å². The summed E-state index contributed by atoms with van der Waals surface area (Å²) in [4.78, 5) is 0. The van der Waals surface area contributed by atoms with Crippen LogP contribution in [0.2, 0.25) is 0 Å². The van der Waals surface area contributed by atoms with Gasteiger partial charge in [0.2, 0.25) is 0 Å². The van der Waals surface area contributed by atoms with Gasteiger partial charge in [-0.2, -0.15) is 0 Å². The summed E-state index contributed by atoms with van der Waals surface area (Å²) in [5, 5.41) is 10.7. The van der Waals surface area contributed by atoms with Crippen LogP contribution >= 0.6 is 0 Å². The summed E-state index contributed by atoms with van der Waals surface area (Å²) in [6.07, 6.45) is 0. The summed E-state index contributed by atoms with van der Waals surface area (Å²) >= 11 is 0. The molecule has 0 spiro atoms. The molecule has 0 N–H and O–H groups in total. The maximum Gasteiger partial charge on any atom is -0.00204 e. The summed E-state index contributed by atoms with van der Waals surface area (Å²) in [6.45, 7) is 8.00. The summed E-state index contributed by atoms with van der Waals surface area (Å²) in [5.41, 5.74) is 0. The molecule has 5 aromatic rings. The molecule has 130 valence electrons. The van der Waals surface area contributed by atoms with Gasteiger partial charge >= 0.3 is 0 Å². The summed E-state index contributed by atoms with van der Waals surface area (Å²) in [6, 6.07) is 30.6. The van der Waals surface area contributed by atoms with Crippen molar-refractivity contribution < 1.29 is 0 Å². The zero-order valence-electron chi connectivity index (χ0n) is 16.1. The molecular weight excluding hydrogens is 312 g/mol. The fraction of sp³-hybridized carbons (Fsp3) is 0.154. The number of fused-ring (bicyclic) bond motifs is 8. The van der Waals surface area contributed by atoms with Crippen LogP contribution < -0.4 is 0 Å². The predicted molar refractivity (Wildman–Crippen MR) is 119 cm³/mol. The van der Waals surface area contributed by atoms with Crippen molar-refractivity contribution in [2.75, 3.05) is 0 Å². The van der Waals surface area contributed by atoms with Gasteiger partial charge in [-0.1, -0.05) is 113 Å². The normalized spacial score (nSPS) is 10.3. The van der Waals surface area contributed by atoms with Crippen LogP contribution in [0.5, 0.6) is 0 Å². The molecule has 0 aromatic heterocycles. The fourth-order valence-corrected chi connectivity index (χ4v) is 3.67. The van der Waals surface area contributed by atoms with Crippen LogP contribution in [0.1, 0.15) is 27.7 Å². The van der Waals surface area contributed by atoms with E-state index in [9.17, 15) is 0 Å². The summed E-state index contributed by atoms with van der Waals surface area (Å²) in [7, 11) is 0. The molecule has 0 bridgehead atoms. The Kier molecular flexibility index (Phi) is 5.53. The number of rotatable bonds is 0. The first-order chi connectivity index (χ1) is 12.9. The molecule has 5 aromatic carbocycles. The van der Waals surface area contributed by atoms with Gasteiger partial charge in [0, 0.05) is 0 Å². The van der Waals surface area contributed by atoms with Crippen molar-refractivity contribution >= 4 is 43.1 Å². The van der Waals surface area contributed by atoms with Gasteiger partial charge in [0.1, 0.15) is 0 Å². The SMILES string of the molecule is CC.CC.c1ccc2c(c1)ccc1c3ccccc3c3ccccc3c21. The fourth-order valence-electron chi connectivity index (χ4n) is 3.67. The van der Waals surface area contributed by atoms with Gasteiger partial charge in [0.05, 0.1) is 0 Å². The molecule has 0 unspecified atom stereocenters. The molecule has 0 saturated carbocycles. The topological polar surface area (TPSA) is 0 Å². The summed E-state index contributed by atoms with van der Waals surface area (Å²) in [5.74, 6) is 0. The van der Waals surface area contributed by atoms with Crippen molar-refractivity contribution in [3.05, 3.63) is 84.9 Å². The highest BCUT2D eigenvalue weighted by atomic mass is 14.1. The van der Waals surface area contributed by atoms with Crippen LogP contribution in [0.4, 0.5) is 0 Å². The van der Waals surface area contributed by atoms with Gasteiger partial charge in [-0.3, -0.25) is 0 Å². The van der Waals surface area contributed by atoms with E-state index in [4.69, 9.17) is 0 Å². The van der Waals surface area contributed by atoms with E-state index >= 15 is 0 Å². The first kappa shape index (κ1) is 17.9. The third-order valence-electron chi connectivity index (χ3n) is 4.63. The molecule has 0 aliphatic carbocycles. The molecule has 0 heterocycles. The second-order valence-corrected chi connectivity index (χ2v) is 5.80. The van der Waals surface area contributed by atoms with Gasteiger partial charge in [0.25, 0.3) is 0 Å². The minimum Gasteiger partial charge on any atom is -0.0683 e. The van der Waals surface area contributed by atoms with E-state index in [0.717, 1.165) is 0 Å². The Balaban J connectivity index is 0.000000461. The highest BCUT2D eigenvalue weighted by molar-refractivity contribution is 6.31. The Morgan fingerprint density at radius 1 is 0.346 bits per heavy atom. The zero-order valence-corrected chi connectivity index (χ0v) is 16.1. The Morgan fingerprint density at radius 2 is 0.731 bits per heavy atom. The van der Waals surface area contributed by atoms with E-state index in [1.165, 1.54) is 43.1 Å².